The first-order chi connectivity index (χ1) is 14.5. The summed E-state index contributed by atoms with van der Waals surface area (Å²) in [5.74, 6) is 0.596. The van der Waals surface area contributed by atoms with Crippen molar-refractivity contribution in [2.24, 2.45) is 7.05 Å². The Hall–Kier alpha value is -2.44. The molecule has 156 valence electrons. The predicted octanol–water partition coefficient (Wildman–Crippen LogP) is 3.77. The second-order valence-corrected chi connectivity index (χ2v) is 8.91. The molecular weight excluding hydrogens is 398 g/mol. The van der Waals surface area contributed by atoms with Gasteiger partial charge < -0.3 is 4.90 Å². The maximum absolute atomic E-state index is 13.5. The van der Waals surface area contributed by atoms with Crippen LogP contribution in [0.15, 0.2) is 30.3 Å². The van der Waals surface area contributed by atoms with Crippen LogP contribution in [0.25, 0.3) is 11.0 Å². The van der Waals surface area contributed by atoms with Gasteiger partial charge in [0, 0.05) is 56.4 Å². The number of fused-ring (bicyclic) bond motifs is 1. The molecule has 1 aliphatic carbocycles. The van der Waals surface area contributed by atoms with Crippen LogP contribution in [0.2, 0.25) is 5.02 Å². The lowest BCUT2D eigenvalue weighted by atomic mass is 10.1. The fourth-order valence-electron chi connectivity index (χ4n) is 4.35. The molecule has 0 spiro atoms. The van der Waals surface area contributed by atoms with E-state index in [1.54, 1.807) is 4.68 Å². The normalized spacial score (nSPS) is 17.6. The van der Waals surface area contributed by atoms with Crippen molar-refractivity contribution >= 4 is 28.5 Å². The minimum Gasteiger partial charge on any atom is -0.336 e. The van der Waals surface area contributed by atoms with E-state index in [4.69, 9.17) is 16.6 Å². The molecule has 0 bridgehead atoms. The van der Waals surface area contributed by atoms with Crippen LogP contribution in [0.5, 0.6) is 0 Å². The topological polar surface area (TPSA) is 54.3 Å². The van der Waals surface area contributed by atoms with E-state index in [0.29, 0.717) is 5.92 Å². The molecule has 1 amide bonds. The van der Waals surface area contributed by atoms with Crippen molar-refractivity contribution in [3.63, 3.8) is 0 Å². The number of carbonyl (C=O) groups excluding carboxylic acids is 1. The number of hydrogen-bond acceptors (Lipinski definition) is 4. The zero-order valence-electron chi connectivity index (χ0n) is 17.4. The first-order valence-electron chi connectivity index (χ1n) is 10.6. The van der Waals surface area contributed by atoms with E-state index in [1.165, 1.54) is 5.56 Å². The smallest absolute Gasteiger partial charge is 0.254 e. The van der Waals surface area contributed by atoms with Crippen molar-refractivity contribution in [3.05, 3.63) is 57.9 Å². The number of hydrogen-bond donors (Lipinski definition) is 0. The highest BCUT2D eigenvalue weighted by atomic mass is 35.5. The predicted molar refractivity (Wildman–Crippen MR) is 118 cm³/mol. The zero-order valence-corrected chi connectivity index (χ0v) is 18.2. The van der Waals surface area contributed by atoms with Crippen LogP contribution in [-0.2, 0) is 13.6 Å². The van der Waals surface area contributed by atoms with E-state index >= 15 is 0 Å². The molecule has 7 heteroatoms. The van der Waals surface area contributed by atoms with Gasteiger partial charge in [0.2, 0.25) is 0 Å². The largest absolute Gasteiger partial charge is 0.336 e. The summed E-state index contributed by atoms with van der Waals surface area (Å²) in [4.78, 5) is 22.7. The van der Waals surface area contributed by atoms with Crippen molar-refractivity contribution in [1.82, 2.24) is 24.6 Å². The van der Waals surface area contributed by atoms with E-state index in [1.807, 2.05) is 37.1 Å². The highest BCUT2D eigenvalue weighted by Gasteiger charge is 2.30. The third-order valence-corrected chi connectivity index (χ3v) is 6.45. The standard InChI is InChI=1S/C23H26ClN5O/c1-15-21-19(13-20(17-5-6-17)25-22(21)27(2)26-15)23(30)29-11-9-28(10-12-29)14-16-3-7-18(24)8-4-16/h3-4,7-8,13,17H,5-6,9-12,14H2,1-2H3. The van der Waals surface area contributed by atoms with E-state index in [0.717, 1.165) is 78.6 Å². The van der Waals surface area contributed by atoms with Gasteiger partial charge in [0.25, 0.3) is 5.91 Å². The van der Waals surface area contributed by atoms with Gasteiger partial charge in [-0.2, -0.15) is 5.10 Å². The van der Waals surface area contributed by atoms with Crippen molar-refractivity contribution < 1.29 is 4.79 Å². The van der Waals surface area contributed by atoms with Gasteiger partial charge in [-0.25, -0.2) is 4.98 Å². The Kier molecular flexibility index (Phi) is 4.99. The molecule has 30 heavy (non-hydrogen) atoms. The summed E-state index contributed by atoms with van der Waals surface area (Å²) in [5.41, 5.74) is 4.73. The lowest BCUT2D eigenvalue weighted by Crippen LogP contribution is -2.48. The summed E-state index contributed by atoms with van der Waals surface area (Å²) in [6.45, 7) is 6.03. The quantitative estimate of drug-likeness (QED) is 0.641. The molecule has 0 atom stereocenters. The van der Waals surface area contributed by atoms with Crippen LogP contribution < -0.4 is 0 Å². The first-order valence-corrected chi connectivity index (χ1v) is 11.0. The zero-order chi connectivity index (χ0) is 20.8. The summed E-state index contributed by atoms with van der Waals surface area (Å²) in [6.07, 6.45) is 2.32. The molecule has 2 fully saturated rings. The third kappa shape index (κ3) is 3.70. The summed E-state index contributed by atoms with van der Waals surface area (Å²) in [7, 11) is 1.91. The molecular formula is C23H26ClN5O. The van der Waals surface area contributed by atoms with Crippen LogP contribution >= 0.6 is 11.6 Å². The molecule has 1 saturated carbocycles. The minimum atomic E-state index is 0.103. The van der Waals surface area contributed by atoms with Gasteiger partial charge >= 0.3 is 0 Å². The molecule has 2 aliphatic rings. The van der Waals surface area contributed by atoms with Crippen molar-refractivity contribution in [2.75, 3.05) is 26.2 Å². The number of aryl methyl sites for hydroxylation is 2. The number of benzene rings is 1. The highest BCUT2D eigenvalue weighted by Crippen LogP contribution is 2.40. The lowest BCUT2D eigenvalue weighted by Gasteiger charge is -2.35. The molecule has 6 nitrogen and oxygen atoms in total. The van der Waals surface area contributed by atoms with E-state index in [2.05, 4.69) is 22.1 Å². The molecule has 0 N–H and O–H groups in total. The minimum absolute atomic E-state index is 0.103. The van der Waals surface area contributed by atoms with Crippen LogP contribution in [0.4, 0.5) is 0 Å². The number of carbonyl (C=O) groups is 1. The molecule has 0 unspecified atom stereocenters. The maximum atomic E-state index is 13.5. The Morgan fingerprint density at radius 1 is 1.13 bits per heavy atom. The molecule has 5 rings (SSSR count). The van der Waals surface area contributed by atoms with Crippen molar-refractivity contribution in [2.45, 2.75) is 32.2 Å². The van der Waals surface area contributed by atoms with Crippen LogP contribution in [-0.4, -0.2) is 56.7 Å². The Morgan fingerprint density at radius 3 is 2.50 bits per heavy atom. The van der Waals surface area contributed by atoms with E-state index in [-0.39, 0.29) is 5.91 Å². The fraction of sp³-hybridized carbons (Fsp3) is 0.435. The number of amides is 1. The van der Waals surface area contributed by atoms with Gasteiger partial charge in [0.1, 0.15) is 0 Å². The Labute approximate surface area is 181 Å². The third-order valence-electron chi connectivity index (χ3n) is 6.19. The SMILES string of the molecule is Cc1nn(C)c2nc(C3CC3)cc(C(=O)N3CCN(Cc4ccc(Cl)cc4)CC3)c12. The number of rotatable bonds is 4. The van der Waals surface area contributed by atoms with Crippen LogP contribution in [0.1, 0.15) is 46.1 Å². The Balaban J connectivity index is 1.34. The highest BCUT2D eigenvalue weighted by molar-refractivity contribution is 6.30. The number of aromatic nitrogens is 3. The number of nitrogens with zero attached hydrogens (tertiary/aromatic N) is 5. The van der Waals surface area contributed by atoms with Gasteiger partial charge in [-0.1, -0.05) is 23.7 Å². The monoisotopic (exact) mass is 423 g/mol. The molecule has 3 heterocycles. The fourth-order valence-corrected chi connectivity index (χ4v) is 4.47. The summed E-state index contributed by atoms with van der Waals surface area (Å²) < 4.78 is 1.80. The summed E-state index contributed by atoms with van der Waals surface area (Å²) in [5, 5.41) is 6.19. The number of pyridine rings is 1. The van der Waals surface area contributed by atoms with E-state index < -0.39 is 0 Å². The maximum Gasteiger partial charge on any atom is 0.254 e. The van der Waals surface area contributed by atoms with Crippen LogP contribution in [0, 0.1) is 6.92 Å². The molecule has 0 radical (unpaired) electrons. The lowest BCUT2D eigenvalue weighted by molar-refractivity contribution is 0.0630. The van der Waals surface area contributed by atoms with Crippen LogP contribution in [0.3, 0.4) is 0 Å². The van der Waals surface area contributed by atoms with Crippen molar-refractivity contribution in [3.8, 4) is 0 Å². The van der Waals surface area contributed by atoms with Gasteiger partial charge in [-0.3, -0.25) is 14.4 Å². The van der Waals surface area contributed by atoms with E-state index in [9.17, 15) is 4.79 Å². The second kappa shape index (κ2) is 7.67. The summed E-state index contributed by atoms with van der Waals surface area (Å²) in [6, 6.07) is 10.0. The van der Waals surface area contributed by atoms with Gasteiger partial charge in [-0.15, -0.1) is 0 Å². The first kappa shape index (κ1) is 19.5. The molecule has 1 saturated heterocycles. The molecule has 3 aromatic rings. The van der Waals surface area contributed by atoms with Gasteiger partial charge in [0.15, 0.2) is 5.65 Å². The Bertz CT molecular complexity index is 1090. The van der Waals surface area contributed by atoms with Gasteiger partial charge in [0.05, 0.1) is 16.6 Å². The summed E-state index contributed by atoms with van der Waals surface area (Å²) >= 11 is 5.99. The average Bonchev–Trinajstić information content (AvgIpc) is 3.56. The molecule has 1 aromatic carbocycles. The second-order valence-electron chi connectivity index (χ2n) is 8.47. The number of piperazine rings is 1. The number of halogens is 1. The van der Waals surface area contributed by atoms with Crippen molar-refractivity contribution in [1.29, 1.82) is 0 Å². The average molecular weight is 424 g/mol. The Morgan fingerprint density at radius 2 is 1.83 bits per heavy atom. The molecule has 1 aliphatic heterocycles. The molecule has 2 aromatic heterocycles. The van der Waals surface area contributed by atoms with Gasteiger partial charge in [-0.05, 0) is 43.5 Å².